The Labute approximate surface area is 147 Å². The topological polar surface area (TPSA) is 51.0 Å². The van der Waals surface area contributed by atoms with Gasteiger partial charge >= 0.3 is 0 Å². The van der Waals surface area contributed by atoms with E-state index in [0.717, 1.165) is 34.8 Å². The molecule has 25 heavy (non-hydrogen) atoms. The number of hydrogen-bond acceptors (Lipinski definition) is 3. The minimum atomic E-state index is 0.161. The van der Waals surface area contributed by atoms with Crippen molar-refractivity contribution in [2.45, 2.75) is 26.4 Å². The second kappa shape index (κ2) is 6.51. The van der Waals surface area contributed by atoms with Gasteiger partial charge in [-0.15, -0.1) is 0 Å². The average Bonchev–Trinajstić information content (AvgIpc) is 3.07. The van der Waals surface area contributed by atoms with Crippen molar-refractivity contribution in [2.24, 2.45) is 0 Å². The lowest BCUT2D eigenvalue weighted by Gasteiger charge is -2.29. The Morgan fingerprint density at radius 2 is 1.92 bits per heavy atom. The molecule has 1 aliphatic heterocycles. The first-order valence-electron chi connectivity index (χ1n) is 8.49. The fourth-order valence-corrected chi connectivity index (χ4v) is 3.31. The van der Waals surface area contributed by atoms with Gasteiger partial charge in [0.1, 0.15) is 5.82 Å². The quantitative estimate of drug-likeness (QED) is 0.741. The highest BCUT2D eigenvalue weighted by Crippen LogP contribution is 2.23. The van der Waals surface area contributed by atoms with Crippen LogP contribution in [0.5, 0.6) is 0 Å². The highest BCUT2D eigenvalue weighted by atomic mass is 16.2. The molecule has 0 saturated carbocycles. The molecule has 0 atom stereocenters. The zero-order valence-electron chi connectivity index (χ0n) is 14.2. The van der Waals surface area contributed by atoms with E-state index in [2.05, 4.69) is 14.5 Å². The number of amides is 1. The molecule has 3 aromatic rings. The summed E-state index contributed by atoms with van der Waals surface area (Å²) in [6.45, 7) is 4.10. The first kappa shape index (κ1) is 15.6. The maximum Gasteiger partial charge on any atom is 0.227 e. The number of pyridine rings is 1. The van der Waals surface area contributed by atoms with E-state index < -0.39 is 0 Å². The predicted molar refractivity (Wildman–Crippen MR) is 95.8 cm³/mol. The summed E-state index contributed by atoms with van der Waals surface area (Å²) in [6.07, 6.45) is 5.91. The molecule has 0 spiro atoms. The summed E-state index contributed by atoms with van der Waals surface area (Å²) in [7, 11) is 0. The van der Waals surface area contributed by atoms with Crippen LogP contribution in [0.15, 0.2) is 55.0 Å². The van der Waals surface area contributed by atoms with Crippen LogP contribution in [0.25, 0.3) is 11.3 Å². The van der Waals surface area contributed by atoms with Crippen LogP contribution in [0.4, 0.5) is 0 Å². The molecule has 5 nitrogen and oxygen atoms in total. The van der Waals surface area contributed by atoms with E-state index in [-0.39, 0.29) is 5.91 Å². The number of carbonyl (C=O) groups excluding carboxylic acids is 1. The molecule has 0 saturated heterocycles. The number of aromatic nitrogens is 3. The largest absolute Gasteiger partial charge is 0.333 e. The predicted octanol–water partition coefficient (Wildman–Crippen LogP) is 2.84. The molecule has 3 heterocycles. The van der Waals surface area contributed by atoms with Crippen LogP contribution in [-0.2, 0) is 24.3 Å². The summed E-state index contributed by atoms with van der Waals surface area (Å²) >= 11 is 0. The lowest BCUT2D eigenvalue weighted by Crippen LogP contribution is -2.39. The van der Waals surface area contributed by atoms with Crippen molar-refractivity contribution in [3.63, 3.8) is 0 Å². The molecule has 4 rings (SSSR count). The van der Waals surface area contributed by atoms with Crippen molar-refractivity contribution >= 4 is 5.91 Å². The second-order valence-corrected chi connectivity index (χ2v) is 6.37. The smallest absolute Gasteiger partial charge is 0.227 e. The van der Waals surface area contributed by atoms with Crippen molar-refractivity contribution < 1.29 is 4.79 Å². The first-order chi connectivity index (χ1) is 12.2. The van der Waals surface area contributed by atoms with Crippen molar-refractivity contribution in [1.82, 2.24) is 19.4 Å². The number of rotatable bonds is 3. The van der Waals surface area contributed by atoms with Crippen molar-refractivity contribution in [1.29, 1.82) is 0 Å². The lowest BCUT2D eigenvalue weighted by molar-refractivity contribution is -0.132. The summed E-state index contributed by atoms with van der Waals surface area (Å²) < 4.78 is 2.20. The molecule has 0 fully saturated rings. The number of fused-ring (bicyclic) bond motifs is 1. The fraction of sp³-hybridized carbons (Fsp3) is 0.250. The lowest BCUT2D eigenvalue weighted by atomic mass is 10.1. The SMILES string of the molecule is Cc1ccccc1CC(=O)N1CCn2c(-c3ccncc3)cnc2C1. The van der Waals surface area contributed by atoms with E-state index in [4.69, 9.17) is 0 Å². The third-order valence-corrected chi connectivity index (χ3v) is 4.80. The Morgan fingerprint density at radius 3 is 2.72 bits per heavy atom. The van der Waals surface area contributed by atoms with Crippen molar-refractivity contribution in [3.05, 3.63) is 71.9 Å². The molecule has 0 bridgehead atoms. The number of nitrogens with zero attached hydrogens (tertiary/aromatic N) is 4. The van der Waals surface area contributed by atoms with Gasteiger partial charge in [-0.05, 0) is 30.2 Å². The van der Waals surface area contributed by atoms with Crippen LogP contribution in [0, 0.1) is 6.92 Å². The van der Waals surface area contributed by atoms with E-state index in [0.29, 0.717) is 19.5 Å². The molecule has 1 aromatic carbocycles. The van der Waals surface area contributed by atoms with Crippen molar-refractivity contribution in [3.8, 4) is 11.3 Å². The van der Waals surface area contributed by atoms with Gasteiger partial charge in [0.25, 0.3) is 0 Å². The molecule has 0 N–H and O–H groups in total. The molecule has 1 aliphatic rings. The van der Waals surface area contributed by atoms with Gasteiger partial charge in [0.15, 0.2) is 0 Å². The van der Waals surface area contributed by atoms with E-state index in [1.807, 2.05) is 54.4 Å². The van der Waals surface area contributed by atoms with Gasteiger partial charge in [-0.3, -0.25) is 9.78 Å². The summed E-state index contributed by atoms with van der Waals surface area (Å²) in [5, 5.41) is 0. The Kier molecular flexibility index (Phi) is 4.06. The highest BCUT2D eigenvalue weighted by Gasteiger charge is 2.24. The van der Waals surface area contributed by atoms with Crippen LogP contribution in [0.2, 0.25) is 0 Å². The van der Waals surface area contributed by atoms with Gasteiger partial charge in [-0.25, -0.2) is 4.98 Å². The molecule has 5 heteroatoms. The number of aryl methyl sites for hydroxylation is 1. The summed E-state index contributed by atoms with van der Waals surface area (Å²) in [4.78, 5) is 23.2. The summed E-state index contributed by atoms with van der Waals surface area (Å²) in [6, 6.07) is 12.0. The maximum atomic E-state index is 12.7. The molecule has 0 aliphatic carbocycles. The van der Waals surface area contributed by atoms with Crippen LogP contribution in [-0.4, -0.2) is 31.9 Å². The first-order valence-corrected chi connectivity index (χ1v) is 8.49. The Bertz CT molecular complexity index is 901. The van der Waals surface area contributed by atoms with Crippen LogP contribution in [0.3, 0.4) is 0 Å². The minimum Gasteiger partial charge on any atom is -0.333 e. The third kappa shape index (κ3) is 3.05. The molecule has 126 valence electrons. The summed E-state index contributed by atoms with van der Waals surface area (Å²) in [5.41, 5.74) is 4.45. The molecule has 0 unspecified atom stereocenters. The van der Waals surface area contributed by atoms with E-state index in [1.54, 1.807) is 12.4 Å². The van der Waals surface area contributed by atoms with Gasteiger partial charge in [0.2, 0.25) is 5.91 Å². The highest BCUT2D eigenvalue weighted by molar-refractivity contribution is 5.79. The van der Waals surface area contributed by atoms with E-state index >= 15 is 0 Å². The molecular formula is C20H20N4O. The number of carbonyl (C=O) groups is 1. The number of imidazole rings is 1. The average molecular weight is 332 g/mol. The molecular weight excluding hydrogens is 312 g/mol. The van der Waals surface area contributed by atoms with Gasteiger partial charge < -0.3 is 9.47 Å². The van der Waals surface area contributed by atoms with E-state index in [9.17, 15) is 4.79 Å². The van der Waals surface area contributed by atoms with Gasteiger partial charge in [0.05, 0.1) is 24.9 Å². The maximum absolute atomic E-state index is 12.7. The second-order valence-electron chi connectivity index (χ2n) is 6.37. The van der Waals surface area contributed by atoms with Crippen LogP contribution >= 0.6 is 0 Å². The monoisotopic (exact) mass is 332 g/mol. The third-order valence-electron chi connectivity index (χ3n) is 4.80. The Morgan fingerprint density at radius 1 is 1.12 bits per heavy atom. The van der Waals surface area contributed by atoms with Crippen molar-refractivity contribution in [2.75, 3.05) is 6.54 Å². The van der Waals surface area contributed by atoms with Gasteiger partial charge in [0, 0.05) is 31.0 Å². The summed E-state index contributed by atoms with van der Waals surface area (Å²) in [5.74, 6) is 1.10. The Balaban J connectivity index is 1.51. The Hall–Kier alpha value is -2.95. The van der Waals surface area contributed by atoms with E-state index in [1.165, 1.54) is 0 Å². The zero-order valence-corrected chi connectivity index (χ0v) is 14.2. The minimum absolute atomic E-state index is 0.161. The fourth-order valence-electron chi connectivity index (χ4n) is 3.31. The number of hydrogen-bond donors (Lipinski definition) is 0. The standard InChI is InChI=1S/C20H20N4O/c1-15-4-2-3-5-17(15)12-20(25)23-10-11-24-18(13-22-19(24)14-23)16-6-8-21-9-7-16/h2-9,13H,10-12,14H2,1H3. The van der Waals surface area contributed by atoms with Crippen LogP contribution < -0.4 is 0 Å². The molecule has 1 amide bonds. The molecule has 0 radical (unpaired) electrons. The molecule has 2 aromatic heterocycles. The normalized spacial score (nSPS) is 13.6. The zero-order chi connectivity index (χ0) is 17.2. The number of benzene rings is 1. The van der Waals surface area contributed by atoms with Crippen LogP contribution in [0.1, 0.15) is 17.0 Å². The van der Waals surface area contributed by atoms with Gasteiger partial charge in [-0.2, -0.15) is 0 Å². The van der Waals surface area contributed by atoms with Gasteiger partial charge in [-0.1, -0.05) is 24.3 Å².